The molecule has 1 aliphatic heterocycles. The summed E-state index contributed by atoms with van der Waals surface area (Å²) in [6.07, 6.45) is 4.91. The summed E-state index contributed by atoms with van der Waals surface area (Å²) >= 11 is 0. The summed E-state index contributed by atoms with van der Waals surface area (Å²) in [6.45, 7) is 3.81. The molecule has 2 unspecified atom stereocenters. The van der Waals surface area contributed by atoms with Crippen LogP contribution in [0.5, 0.6) is 0 Å². The predicted molar refractivity (Wildman–Crippen MR) is 84.4 cm³/mol. The molecule has 0 radical (unpaired) electrons. The third-order valence-corrected chi connectivity index (χ3v) is 4.08. The van der Waals surface area contributed by atoms with Gasteiger partial charge in [-0.2, -0.15) is 0 Å². The van der Waals surface area contributed by atoms with Crippen molar-refractivity contribution in [3.8, 4) is 0 Å². The van der Waals surface area contributed by atoms with Gasteiger partial charge in [0.1, 0.15) is 0 Å². The first-order valence-electron chi connectivity index (χ1n) is 7.76. The highest BCUT2D eigenvalue weighted by molar-refractivity contribution is 5.94. The second-order valence-corrected chi connectivity index (χ2v) is 5.76. The average Bonchev–Trinajstić information content (AvgIpc) is 2.59. The van der Waals surface area contributed by atoms with Crippen molar-refractivity contribution in [2.75, 3.05) is 26.7 Å². The lowest BCUT2D eigenvalue weighted by Gasteiger charge is -2.32. The monoisotopic (exact) mass is 304 g/mol. The maximum Gasteiger partial charge on any atom is 0.253 e. The van der Waals surface area contributed by atoms with Crippen molar-refractivity contribution >= 4 is 11.8 Å². The number of carbonyl (C=O) groups is 2. The molecular weight excluding hydrogens is 280 g/mol. The first-order valence-corrected chi connectivity index (χ1v) is 7.76. The molecule has 0 spiro atoms. The van der Waals surface area contributed by atoms with Gasteiger partial charge in [0.05, 0.1) is 5.92 Å². The van der Waals surface area contributed by atoms with Crippen molar-refractivity contribution in [1.29, 1.82) is 0 Å². The van der Waals surface area contributed by atoms with Gasteiger partial charge in [0.25, 0.3) is 5.91 Å². The lowest BCUT2D eigenvalue weighted by atomic mass is 9.96. The first-order chi connectivity index (χ1) is 10.6. The van der Waals surface area contributed by atoms with Crippen molar-refractivity contribution in [3.05, 3.63) is 30.1 Å². The third-order valence-electron chi connectivity index (χ3n) is 4.08. The first kappa shape index (κ1) is 16.4. The summed E-state index contributed by atoms with van der Waals surface area (Å²) < 4.78 is 0. The Balaban J connectivity index is 1.91. The number of nitrogens with zero attached hydrogens (tertiary/aromatic N) is 2. The maximum absolute atomic E-state index is 12.4. The zero-order chi connectivity index (χ0) is 15.9. The number of carbonyl (C=O) groups excluding carboxylic acids is 2. The number of aromatic nitrogens is 1. The van der Waals surface area contributed by atoms with Gasteiger partial charge in [-0.15, -0.1) is 0 Å². The zero-order valence-electron chi connectivity index (χ0n) is 13.2. The van der Waals surface area contributed by atoms with Crippen LogP contribution in [0.15, 0.2) is 24.5 Å². The summed E-state index contributed by atoms with van der Waals surface area (Å²) in [5, 5.41) is 6.04. The lowest BCUT2D eigenvalue weighted by molar-refractivity contribution is -0.126. The van der Waals surface area contributed by atoms with Crippen LogP contribution in [0.3, 0.4) is 0 Å². The average molecular weight is 304 g/mol. The minimum absolute atomic E-state index is 0.0245. The second-order valence-electron chi connectivity index (χ2n) is 5.76. The van der Waals surface area contributed by atoms with Crippen molar-refractivity contribution in [3.63, 3.8) is 0 Å². The minimum atomic E-state index is -0.122. The van der Waals surface area contributed by atoms with Gasteiger partial charge in [0.15, 0.2) is 0 Å². The maximum atomic E-state index is 12.4. The highest BCUT2D eigenvalue weighted by Gasteiger charge is 2.28. The van der Waals surface area contributed by atoms with Crippen LogP contribution in [0.1, 0.15) is 30.1 Å². The van der Waals surface area contributed by atoms with Gasteiger partial charge in [-0.25, -0.2) is 0 Å². The highest BCUT2D eigenvalue weighted by atomic mass is 16.2. The van der Waals surface area contributed by atoms with Crippen LogP contribution in [0.2, 0.25) is 0 Å². The number of piperidine rings is 1. The van der Waals surface area contributed by atoms with Crippen molar-refractivity contribution < 1.29 is 9.59 Å². The molecule has 1 aliphatic rings. The van der Waals surface area contributed by atoms with E-state index in [2.05, 4.69) is 15.6 Å². The Morgan fingerprint density at radius 2 is 2.14 bits per heavy atom. The number of pyridine rings is 1. The fraction of sp³-hybridized carbons (Fsp3) is 0.562. The Hall–Kier alpha value is -1.95. The molecule has 1 fully saturated rings. The van der Waals surface area contributed by atoms with E-state index < -0.39 is 0 Å². The fourth-order valence-electron chi connectivity index (χ4n) is 2.55. The van der Waals surface area contributed by atoms with Gasteiger partial charge in [0.2, 0.25) is 5.91 Å². The molecule has 0 bridgehead atoms. The van der Waals surface area contributed by atoms with Gasteiger partial charge in [-0.1, -0.05) is 0 Å². The van der Waals surface area contributed by atoms with E-state index in [0.717, 1.165) is 12.8 Å². The third kappa shape index (κ3) is 4.27. The Kier molecular flexibility index (Phi) is 5.89. The van der Waals surface area contributed by atoms with E-state index >= 15 is 0 Å². The fourth-order valence-corrected chi connectivity index (χ4v) is 2.55. The Labute approximate surface area is 131 Å². The van der Waals surface area contributed by atoms with Gasteiger partial charge < -0.3 is 15.5 Å². The quantitative estimate of drug-likeness (QED) is 0.838. The number of hydrogen-bond acceptors (Lipinski definition) is 4. The number of rotatable bonds is 5. The smallest absolute Gasteiger partial charge is 0.253 e. The molecule has 2 rings (SSSR count). The van der Waals surface area contributed by atoms with E-state index in [1.807, 2.05) is 14.0 Å². The van der Waals surface area contributed by atoms with E-state index in [-0.39, 0.29) is 23.8 Å². The zero-order valence-corrected chi connectivity index (χ0v) is 13.2. The molecular formula is C16H24N4O2. The number of amides is 2. The molecule has 120 valence electrons. The summed E-state index contributed by atoms with van der Waals surface area (Å²) in [4.78, 5) is 30.4. The van der Waals surface area contributed by atoms with Crippen LogP contribution in [-0.4, -0.2) is 54.4 Å². The molecule has 2 N–H and O–H groups in total. The molecule has 0 aromatic carbocycles. The Morgan fingerprint density at radius 1 is 1.41 bits per heavy atom. The van der Waals surface area contributed by atoms with Gasteiger partial charge in [-0.05, 0) is 38.9 Å². The van der Waals surface area contributed by atoms with Crippen LogP contribution in [0.25, 0.3) is 0 Å². The van der Waals surface area contributed by atoms with Crippen molar-refractivity contribution in [2.45, 2.75) is 25.8 Å². The number of likely N-dealkylation sites (N-methyl/N-ethyl adjacent to an activating group) is 1. The topological polar surface area (TPSA) is 74.3 Å². The summed E-state index contributed by atoms with van der Waals surface area (Å²) in [7, 11) is 1.87. The van der Waals surface area contributed by atoms with Crippen LogP contribution in [-0.2, 0) is 4.79 Å². The molecule has 2 atom stereocenters. The Morgan fingerprint density at radius 3 is 2.82 bits per heavy atom. The molecule has 0 saturated carbocycles. The molecule has 1 aromatic rings. The van der Waals surface area contributed by atoms with Crippen LogP contribution < -0.4 is 10.6 Å². The SMILES string of the molecule is CNC(C)CNC(=O)C1CCCN(C(=O)c2ccncc2)C1. The predicted octanol–water partition coefficient (Wildman–Crippen LogP) is 0.658. The molecule has 6 heteroatoms. The molecule has 6 nitrogen and oxygen atoms in total. The van der Waals surface area contributed by atoms with E-state index in [1.54, 1.807) is 29.4 Å². The van der Waals surface area contributed by atoms with Crippen molar-refractivity contribution in [2.24, 2.45) is 5.92 Å². The normalized spacial score (nSPS) is 19.5. The highest BCUT2D eigenvalue weighted by Crippen LogP contribution is 2.18. The second kappa shape index (κ2) is 7.89. The molecule has 0 aliphatic carbocycles. The van der Waals surface area contributed by atoms with E-state index in [0.29, 0.717) is 25.2 Å². The van der Waals surface area contributed by atoms with Crippen LogP contribution >= 0.6 is 0 Å². The standard InChI is InChI=1S/C16H24N4O2/c1-12(17-2)10-19-15(21)14-4-3-9-20(11-14)16(22)13-5-7-18-8-6-13/h5-8,12,14,17H,3-4,9-11H2,1-2H3,(H,19,21). The van der Waals surface area contributed by atoms with Gasteiger partial charge in [0, 0.05) is 43.6 Å². The van der Waals surface area contributed by atoms with Gasteiger partial charge >= 0.3 is 0 Å². The Bertz CT molecular complexity index is 506. The van der Waals surface area contributed by atoms with E-state index in [4.69, 9.17) is 0 Å². The molecule has 2 amide bonds. The summed E-state index contributed by atoms with van der Waals surface area (Å²) in [5.74, 6) is -0.110. The summed E-state index contributed by atoms with van der Waals surface area (Å²) in [6, 6.07) is 3.66. The van der Waals surface area contributed by atoms with E-state index in [9.17, 15) is 9.59 Å². The summed E-state index contributed by atoms with van der Waals surface area (Å²) in [5.41, 5.74) is 0.625. The number of nitrogens with one attached hydrogen (secondary N) is 2. The molecule has 1 aromatic heterocycles. The number of likely N-dealkylation sites (tertiary alicyclic amines) is 1. The van der Waals surface area contributed by atoms with Crippen LogP contribution in [0, 0.1) is 5.92 Å². The van der Waals surface area contributed by atoms with Crippen molar-refractivity contribution in [1.82, 2.24) is 20.5 Å². The largest absolute Gasteiger partial charge is 0.354 e. The number of hydrogen-bond donors (Lipinski definition) is 2. The molecule has 22 heavy (non-hydrogen) atoms. The molecule has 2 heterocycles. The van der Waals surface area contributed by atoms with Gasteiger partial charge in [-0.3, -0.25) is 14.6 Å². The lowest BCUT2D eigenvalue weighted by Crippen LogP contribution is -2.47. The van der Waals surface area contributed by atoms with E-state index in [1.165, 1.54) is 0 Å². The molecule has 1 saturated heterocycles. The minimum Gasteiger partial charge on any atom is -0.354 e. The van der Waals surface area contributed by atoms with Crippen LogP contribution in [0.4, 0.5) is 0 Å².